The standard InChI is InChI=1S/C15H14ClNO3S/c16-11-8-10(9-12-14(11)20-6-5-19-12)3-4-17-15(18)13-2-1-7-21-13/h1-2,7-9H,3-6H2,(H,17,18). The van der Waals surface area contributed by atoms with Gasteiger partial charge in [0.1, 0.15) is 13.2 Å². The van der Waals surface area contributed by atoms with E-state index >= 15 is 0 Å². The Kier molecular flexibility index (Phi) is 4.31. The highest BCUT2D eigenvalue weighted by molar-refractivity contribution is 7.12. The highest BCUT2D eigenvalue weighted by Gasteiger charge is 2.16. The van der Waals surface area contributed by atoms with E-state index in [0.29, 0.717) is 42.7 Å². The zero-order chi connectivity index (χ0) is 14.7. The summed E-state index contributed by atoms with van der Waals surface area (Å²) in [5.41, 5.74) is 1.01. The monoisotopic (exact) mass is 323 g/mol. The normalized spacial score (nSPS) is 13.0. The second-order valence-corrected chi connectivity index (χ2v) is 5.94. The van der Waals surface area contributed by atoms with Gasteiger partial charge in [-0.25, -0.2) is 0 Å². The van der Waals surface area contributed by atoms with Gasteiger partial charge in [-0.05, 0) is 35.6 Å². The Morgan fingerprint density at radius 1 is 1.33 bits per heavy atom. The molecule has 0 aliphatic carbocycles. The third-order valence-corrected chi connectivity index (χ3v) is 4.25. The lowest BCUT2D eigenvalue weighted by atomic mass is 10.1. The van der Waals surface area contributed by atoms with Gasteiger partial charge in [0.2, 0.25) is 0 Å². The first kappa shape index (κ1) is 14.2. The molecule has 0 unspecified atom stereocenters. The van der Waals surface area contributed by atoms with Crippen LogP contribution in [-0.2, 0) is 6.42 Å². The van der Waals surface area contributed by atoms with Crippen LogP contribution < -0.4 is 14.8 Å². The van der Waals surface area contributed by atoms with Crippen LogP contribution in [0.3, 0.4) is 0 Å². The number of amides is 1. The molecule has 0 bridgehead atoms. The first-order valence-electron chi connectivity index (χ1n) is 6.64. The zero-order valence-corrected chi connectivity index (χ0v) is 12.8. The minimum atomic E-state index is -0.0476. The molecule has 1 amide bonds. The second kappa shape index (κ2) is 6.37. The Hall–Kier alpha value is -1.72. The smallest absolute Gasteiger partial charge is 0.261 e. The summed E-state index contributed by atoms with van der Waals surface area (Å²) in [6.07, 6.45) is 0.688. The molecular weight excluding hydrogens is 310 g/mol. The number of halogens is 1. The van der Waals surface area contributed by atoms with Crippen LogP contribution in [0, 0.1) is 0 Å². The van der Waals surface area contributed by atoms with Gasteiger partial charge < -0.3 is 14.8 Å². The van der Waals surface area contributed by atoms with E-state index in [1.165, 1.54) is 11.3 Å². The fourth-order valence-corrected chi connectivity index (χ4v) is 3.05. The lowest BCUT2D eigenvalue weighted by Crippen LogP contribution is -2.25. The maximum Gasteiger partial charge on any atom is 0.261 e. The molecule has 1 aromatic heterocycles. The van der Waals surface area contributed by atoms with E-state index in [0.717, 1.165) is 10.4 Å². The van der Waals surface area contributed by atoms with Gasteiger partial charge in [-0.15, -0.1) is 11.3 Å². The number of carbonyl (C=O) groups is 1. The van der Waals surface area contributed by atoms with Crippen molar-refractivity contribution < 1.29 is 14.3 Å². The third kappa shape index (κ3) is 3.31. The van der Waals surface area contributed by atoms with Crippen LogP contribution in [0.4, 0.5) is 0 Å². The van der Waals surface area contributed by atoms with Crippen molar-refractivity contribution in [3.63, 3.8) is 0 Å². The Morgan fingerprint density at radius 3 is 3.00 bits per heavy atom. The quantitative estimate of drug-likeness (QED) is 0.940. The number of benzene rings is 1. The number of fused-ring (bicyclic) bond motifs is 1. The summed E-state index contributed by atoms with van der Waals surface area (Å²) < 4.78 is 11.0. The SMILES string of the molecule is O=C(NCCc1cc(Cl)c2c(c1)OCCO2)c1cccs1. The average molecular weight is 324 g/mol. The molecule has 0 atom stereocenters. The molecule has 6 heteroatoms. The van der Waals surface area contributed by atoms with Crippen LogP contribution >= 0.6 is 22.9 Å². The van der Waals surface area contributed by atoms with E-state index in [-0.39, 0.29) is 5.91 Å². The molecule has 1 aliphatic rings. The van der Waals surface area contributed by atoms with Crippen molar-refractivity contribution in [1.82, 2.24) is 5.32 Å². The van der Waals surface area contributed by atoms with E-state index in [9.17, 15) is 4.79 Å². The van der Waals surface area contributed by atoms with Gasteiger partial charge >= 0.3 is 0 Å². The second-order valence-electron chi connectivity index (χ2n) is 4.59. The fourth-order valence-electron chi connectivity index (χ4n) is 2.12. The Morgan fingerprint density at radius 2 is 2.19 bits per heavy atom. The molecule has 0 spiro atoms. The molecule has 21 heavy (non-hydrogen) atoms. The van der Waals surface area contributed by atoms with E-state index in [4.69, 9.17) is 21.1 Å². The van der Waals surface area contributed by atoms with Gasteiger partial charge in [0.15, 0.2) is 11.5 Å². The Bertz CT molecular complexity index is 643. The van der Waals surface area contributed by atoms with Crippen molar-refractivity contribution in [2.24, 2.45) is 0 Å². The van der Waals surface area contributed by atoms with Crippen molar-refractivity contribution in [2.75, 3.05) is 19.8 Å². The molecule has 2 aromatic rings. The Labute approximate surface area is 131 Å². The van der Waals surface area contributed by atoms with Gasteiger partial charge in [0, 0.05) is 6.54 Å². The predicted molar refractivity (Wildman–Crippen MR) is 82.8 cm³/mol. The number of nitrogens with one attached hydrogen (secondary N) is 1. The average Bonchev–Trinajstić information content (AvgIpc) is 3.01. The van der Waals surface area contributed by atoms with Crippen molar-refractivity contribution in [2.45, 2.75) is 6.42 Å². The van der Waals surface area contributed by atoms with E-state index in [2.05, 4.69) is 5.32 Å². The number of carbonyl (C=O) groups excluding carboxylic acids is 1. The third-order valence-electron chi connectivity index (χ3n) is 3.10. The van der Waals surface area contributed by atoms with Crippen molar-refractivity contribution in [3.05, 3.63) is 45.1 Å². The molecule has 110 valence electrons. The van der Waals surface area contributed by atoms with E-state index in [1.54, 1.807) is 6.07 Å². The number of rotatable bonds is 4. The number of hydrogen-bond acceptors (Lipinski definition) is 4. The summed E-state index contributed by atoms with van der Waals surface area (Å²) in [7, 11) is 0. The first-order valence-corrected chi connectivity index (χ1v) is 7.89. The summed E-state index contributed by atoms with van der Waals surface area (Å²) in [5.74, 6) is 1.23. The highest BCUT2D eigenvalue weighted by atomic mass is 35.5. The number of ether oxygens (including phenoxy) is 2. The topological polar surface area (TPSA) is 47.6 Å². The molecule has 0 saturated carbocycles. The maximum absolute atomic E-state index is 11.8. The summed E-state index contributed by atoms with van der Waals surface area (Å²) in [6, 6.07) is 7.44. The molecule has 1 aromatic carbocycles. The lowest BCUT2D eigenvalue weighted by Gasteiger charge is -2.20. The summed E-state index contributed by atoms with van der Waals surface area (Å²) in [4.78, 5) is 12.5. The van der Waals surface area contributed by atoms with Crippen molar-refractivity contribution in [3.8, 4) is 11.5 Å². The fraction of sp³-hybridized carbons (Fsp3) is 0.267. The molecule has 1 N–H and O–H groups in total. The van der Waals surface area contributed by atoms with E-state index in [1.807, 2.05) is 23.6 Å². The van der Waals surface area contributed by atoms with Gasteiger partial charge in [-0.3, -0.25) is 4.79 Å². The van der Waals surface area contributed by atoms with Gasteiger partial charge in [-0.2, -0.15) is 0 Å². The minimum Gasteiger partial charge on any atom is -0.486 e. The van der Waals surface area contributed by atoms with Gasteiger partial charge in [0.25, 0.3) is 5.91 Å². The van der Waals surface area contributed by atoms with Gasteiger partial charge in [0.05, 0.1) is 9.90 Å². The van der Waals surface area contributed by atoms with Crippen molar-refractivity contribution in [1.29, 1.82) is 0 Å². The van der Waals surface area contributed by atoms with Crippen LogP contribution in [-0.4, -0.2) is 25.7 Å². The summed E-state index contributed by atoms with van der Waals surface area (Å²) >= 11 is 7.61. The number of hydrogen-bond donors (Lipinski definition) is 1. The summed E-state index contributed by atoms with van der Waals surface area (Å²) in [5, 5.41) is 5.32. The molecule has 3 rings (SSSR count). The Balaban J connectivity index is 1.61. The molecule has 0 fully saturated rings. The predicted octanol–water partition coefficient (Wildman–Crippen LogP) is 3.15. The first-order chi connectivity index (χ1) is 10.2. The maximum atomic E-state index is 11.8. The van der Waals surface area contributed by atoms with Crippen molar-refractivity contribution >= 4 is 28.8 Å². The molecule has 4 nitrogen and oxygen atoms in total. The van der Waals surface area contributed by atoms with Crippen LogP contribution in [0.5, 0.6) is 11.5 Å². The molecule has 1 aliphatic heterocycles. The zero-order valence-electron chi connectivity index (χ0n) is 11.2. The summed E-state index contributed by atoms with van der Waals surface area (Å²) in [6.45, 7) is 1.59. The molecule has 2 heterocycles. The lowest BCUT2D eigenvalue weighted by molar-refractivity contribution is 0.0958. The molecule has 0 saturated heterocycles. The largest absolute Gasteiger partial charge is 0.486 e. The molecule has 0 radical (unpaired) electrons. The highest BCUT2D eigenvalue weighted by Crippen LogP contribution is 2.38. The minimum absolute atomic E-state index is 0.0476. The van der Waals surface area contributed by atoms with Crippen LogP contribution in [0.1, 0.15) is 15.2 Å². The molecular formula is C15H14ClNO3S. The van der Waals surface area contributed by atoms with E-state index < -0.39 is 0 Å². The number of thiophene rings is 1. The van der Waals surface area contributed by atoms with Crippen LogP contribution in [0.2, 0.25) is 5.02 Å². The van der Waals surface area contributed by atoms with Gasteiger partial charge in [-0.1, -0.05) is 17.7 Å². The van der Waals surface area contributed by atoms with Crippen LogP contribution in [0.25, 0.3) is 0 Å². The van der Waals surface area contributed by atoms with Crippen LogP contribution in [0.15, 0.2) is 29.6 Å².